The van der Waals surface area contributed by atoms with Crippen molar-refractivity contribution in [3.8, 4) is 0 Å². The van der Waals surface area contributed by atoms with Gasteiger partial charge in [0, 0.05) is 32.6 Å². The number of amides is 1. The number of nitrogens with one attached hydrogen (secondary N) is 1. The van der Waals surface area contributed by atoms with Crippen LogP contribution in [0.15, 0.2) is 24.3 Å². The number of carbonyl (C=O) groups is 1. The third kappa shape index (κ3) is 4.31. The van der Waals surface area contributed by atoms with E-state index < -0.39 is 0 Å². The first-order chi connectivity index (χ1) is 9.15. The molecule has 0 saturated carbocycles. The Balaban J connectivity index is 1.83. The first-order valence-corrected chi connectivity index (χ1v) is 6.88. The molecule has 1 fully saturated rings. The van der Waals surface area contributed by atoms with Gasteiger partial charge in [-0.3, -0.25) is 4.79 Å². The number of hydrogen-bond donors (Lipinski definition) is 1. The van der Waals surface area contributed by atoms with Crippen LogP contribution in [0.3, 0.4) is 0 Å². The molecule has 0 radical (unpaired) electrons. The number of benzene rings is 1. The minimum atomic E-state index is -0.210. The molecule has 1 heterocycles. The minimum absolute atomic E-state index is 0.210. The summed E-state index contributed by atoms with van der Waals surface area (Å²) < 4.78 is 13.1. The summed E-state index contributed by atoms with van der Waals surface area (Å²) in [5, 5.41) is 3.23. The van der Waals surface area contributed by atoms with Gasteiger partial charge in [0.15, 0.2) is 0 Å². The van der Waals surface area contributed by atoms with Gasteiger partial charge in [-0.15, -0.1) is 0 Å². The molecule has 1 N–H and O–H groups in total. The van der Waals surface area contributed by atoms with Crippen LogP contribution in [0.25, 0.3) is 0 Å². The highest BCUT2D eigenvalue weighted by Crippen LogP contribution is 2.14. The molecule has 19 heavy (non-hydrogen) atoms. The molecule has 2 rings (SSSR count). The van der Waals surface area contributed by atoms with Crippen LogP contribution in [0.2, 0.25) is 0 Å². The van der Waals surface area contributed by atoms with Crippen LogP contribution in [-0.4, -0.2) is 37.0 Å². The van der Waals surface area contributed by atoms with Crippen molar-refractivity contribution in [2.45, 2.75) is 19.8 Å². The molecule has 3 nitrogen and oxygen atoms in total. The van der Waals surface area contributed by atoms with Crippen molar-refractivity contribution in [2.75, 3.05) is 26.2 Å². The second-order valence-electron chi connectivity index (χ2n) is 5.27. The maximum atomic E-state index is 13.1. The smallest absolute Gasteiger partial charge is 0.222 e. The molecule has 1 unspecified atom stereocenters. The molecule has 1 aromatic carbocycles. The van der Waals surface area contributed by atoms with Crippen LogP contribution in [0, 0.1) is 11.7 Å². The zero-order chi connectivity index (χ0) is 13.7. The average molecular weight is 264 g/mol. The number of nitrogens with zero attached hydrogens (tertiary/aromatic N) is 1. The standard InChI is InChI=1S/C15H21FN2O/c1-12(9-13-3-2-4-14(16)11-13)10-15(19)18-7-5-17-6-8-18/h2-4,11-12,17H,5-10H2,1H3. The van der Waals surface area contributed by atoms with E-state index in [1.54, 1.807) is 12.1 Å². The summed E-state index contributed by atoms with van der Waals surface area (Å²) in [6.45, 7) is 5.40. The molecule has 0 aliphatic carbocycles. The van der Waals surface area contributed by atoms with Gasteiger partial charge in [0.1, 0.15) is 5.82 Å². The number of halogens is 1. The summed E-state index contributed by atoms with van der Waals surface area (Å²) in [6, 6.07) is 6.62. The topological polar surface area (TPSA) is 32.3 Å². The van der Waals surface area contributed by atoms with Crippen LogP contribution in [0.1, 0.15) is 18.9 Å². The predicted octanol–water partition coefficient (Wildman–Crippen LogP) is 1.83. The predicted molar refractivity (Wildman–Crippen MR) is 73.3 cm³/mol. The Morgan fingerprint density at radius 3 is 2.84 bits per heavy atom. The van der Waals surface area contributed by atoms with Crippen molar-refractivity contribution in [1.82, 2.24) is 10.2 Å². The summed E-state index contributed by atoms with van der Waals surface area (Å²) in [7, 11) is 0. The van der Waals surface area contributed by atoms with Crippen LogP contribution >= 0.6 is 0 Å². The molecule has 1 aliphatic rings. The zero-order valence-corrected chi connectivity index (χ0v) is 11.4. The average Bonchev–Trinajstić information content (AvgIpc) is 2.39. The third-order valence-electron chi connectivity index (χ3n) is 3.47. The monoisotopic (exact) mass is 264 g/mol. The first-order valence-electron chi connectivity index (χ1n) is 6.88. The van der Waals surface area contributed by atoms with E-state index in [4.69, 9.17) is 0 Å². The van der Waals surface area contributed by atoms with Gasteiger partial charge in [0.2, 0.25) is 5.91 Å². The normalized spacial score (nSPS) is 17.3. The quantitative estimate of drug-likeness (QED) is 0.900. The first kappa shape index (κ1) is 14.0. The molecule has 1 amide bonds. The fraction of sp³-hybridized carbons (Fsp3) is 0.533. The van der Waals surface area contributed by atoms with Crippen LogP contribution < -0.4 is 5.32 Å². The summed E-state index contributed by atoms with van der Waals surface area (Å²) in [6.07, 6.45) is 1.28. The largest absolute Gasteiger partial charge is 0.340 e. The van der Waals surface area contributed by atoms with E-state index in [0.29, 0.717) is 6.42 Å². The maximum Gasteiger partial charge on any atom is 0.222 e. The lowest BCUT2D eigenvalue weighted by Crippen LogP contribution is -2.46. The fourth-order valence-corrected chi connectivity index (χ4v) is 2.48. The van der Waals surface area contributed by atoms with Crippen molar-refractivity contribution >= 4 is 5.91 Å². The van der Waals surface area contributed by atoms with Gasteiger partial charge in [0.05, 0.1) is 0 Å². The van der Waals surface area contributed by atoms with E-state index in [1.165, 1.54) is 6.07 Å². The highest BCUT2D eigenvalue weighted by atomic mass is 19.1. The van der Waals surface area contributed by atoms with E-state index in [2.05, 4.69) is 5.32 Å². The number of hydrogen-bond acceptors (Lipinski definition) is 2. The minimum Gasteiger partial charge on any atom is -0.340 e. The Labute approximate surface area is 113 Å². The molecular weight excluding hydrogens is 243 g/mol. The zero-order valence-electron chi connectivity index (χ0n) is 11.4. The van der Waals surface area contributed by atoms with Crippen molar-refractivity contribution in [3.05, 3.63) is 35.6 Å². The van der Waals surface area contributed by atoms with Gasteiger partial charge in [-0.25, -0.2) is 4.39 Å². The van der Waals surface area contributed by atoms with Crippen LogP contribution in [0.5, 0.6) is 0 Å². The molecule has 1 aromatic rings. The van der Waals surface area contributed by atoms with E-state index in [-0.39, 0.29) is 17.6 Å². The summed E-state index contributed by atoms with van der Waals surface area (Å²) >= 11 is 0. The Morgan fingerprint density at radius 2 is 2.16 bits per heavy atom. The van der Waals surface area contributed by atoms with Gasteiger partial charge >= 0.3 is 0 Å². The Hall–Kier alpha value is -1.42. The Morgan fingerprint density at radius 1 is 1.42 bits per heavy atom. The van der Waals surface area contributed by atoms with Crippen LogP contribution in [-0.2, 0) is 11.2 Å². The molecule has 0 spiro atoms. The molecular formula is C15H21FN2O. The lowest BCUT2D eigenvalue weighted by atomic mass is 9.97. The van der Waals surface area contributed by atoms with Gasteiger partial charge < -0.3 is 10.2 Å². The Kier molecular flexibility index (Phi) is 4.91. The molecule has 1 saturated heterocycles. The summed E-state index contributed by atoms with van der Waals surface area (Å²) in [5.41, 5.74) is 0.959. The van der Waals surface area contributed by atoms with Crippen molar-refractivity contribution < 1.29 is 9.18 Å². The molecule has 0 bridgehead atoms. The third-order valence-corrected chi connectivity index (χ3v) is 3.47. The van der Waals surface area contributed by atoms with E-state index in [1.807, 2.05) is 17.9 Å². The van der Waals surface area contributed by atoms with Gasteiger partial charge in [-0.05, 0) is 30.0 Å². The van der Waals surface area contributed by atoms with E-state index in [9.17, 15) is 9.18 Å². The summed E-state index contributed by atoms with van der Waals surface area (Å²) in [5.74, 6) is 0.243. The second kappa shape index (κ2) is 6.66. The van der Waals surface area contributed by atoms with E-state index in [0.717, 1.165) is 38.2 Å². The molecule has 4 heteroatoms. The van der Waals surface area contributed by atoms with Gasteiger partial charge in [-0.2, -0.15) is 0 Å². The maximum absolute atomic E-state index is 13.1. The number of carbonyl (C=O) groups excluding carboxylic acids is 1. The number of piperazine rings is 1. The highest BCUT2D eigenvalue weighted by molar-refractivity contribution is 5.76. The van der Waals surface area contributed by atoms with Gasteiger partial charge in [0.25, 0.3) is 0 Å². The molecule has 1 atom stereocenters. The fourth-order valence-electron chi connectivity index (χ4n) is 2.48. The van der Waals surface area contributed by atoms with E-state index >= 15 is 0 Å². The molecule has 0 aromatic heterocycles. The van der Waals surface area contributed by atoms with Crippen LogP contribution in [0.4, 0.5) is 4.39 Å². The van der Waals surface area contributed by atoms with Gasteiger partial charge in [-0.1, -0.05) is 19.1 Å². The van der Waals surface area contributed by atoms with Crippen molar-refractivity contribution in [2.24, 2.45) is 5.92 Å². The molecule has 104 valence electrons. The molecule has 1 aliphatic heterocycles. The second-order valence-corrected chi connectivity index (χ2v) is 5.27. The lowest BCUT2D eigenvalue weighted by molar-refractivity contribution is -0.132. The summed E-state index contributed by atoms with van der Waals surface area (Å²) in [4.78, 5) is 14.0. The lowest BCUT2D eigenvalue weighted by Gasteiger charge is -2.28. The SMILES string of the molecule is CC(CC(=O)N1CCNCC1)Cc1cccc(F)c1. The number of rotatable bonds is 4. The Bertz CT molecular complexity index is 430. The highest BCUT2D eigenvalue weighted by Gasteiger charge is 2.18. The van der Waals surface area contributed by atoms with Crippen molar-refractivity contribution in [3.63, 3.8) is 0 Å². The van der Waals surface area contributed by atoms with Crippen molar-refractivity contribution in [1.29, 1.82) is 0 Å².